The highest BCUT2D eigenvalue weighted by Gasteiger charge is 2.31. The minimum Gasteiger partial charge on any atom is -0.345 e. The van der Waals surface area contributed by atoms with Crippen LogP contribution in [0.2, 0.25) is 0 Å². The van der Waals surface area contributed by atoms with E-state index in [9.17, 15) is 17.2 Å². The molecule has 0 N–H and O–H groups in total. The minimum atomic E-state index is -4.02. The van der Waals surface area contributed by atoms with Crippen molar-refractivity contribution in [2.45, 2.75) is 18.7 Å². The highest BCUT2D eigenvalue weighted by atomic mass is 32.2. The van der Waals surface area contributed by atoms with Gasteiger partial charge < -0.3 is 4.90 Å². The van der Waals surface area contributed by atoms with Crippen molar-refractivity contribution in [2.75, 3.05) is 31.1 Å². The molecule has 0 unspecified atom stereocenters. The van der Waals surface area contributed by atoms with Gasteiger partial charge in [0.1, 0.15) is 16.5 Å². The summed E-state index contributed by atoms with van der Waals surface area (Å²) in [5.74, 6) is -1.88. The lowest BCUT2D eigenvalue weighted by atomic mass is 10.0. The van der Waals surface area contributed by atoms with Crippen molar-refractivity contribution in [3.8, 4) is 11.3 Å². The molecule has 1 fully saturated rings. The van der Waals surface area contributed by atoms with E-state index in [1.165, 1.54) is 26.8 Å². The van der Waals surface area contributed by atoms with Crippen molar-refractivity contribution < 1.29 is 17.2 Å². The molecule has 1 aromatic heterocycles. The van der Waals surface area contributed by atoms with Crippen LogP contribution in [-0.4, -0.2) is 43.9 Å². The first kappa shape index (κ1) is 20.9. The monoisotopic (exact) mass is 449 g/mol. The lowest BCUT2D eigenvalue weighted by Crippen LogP contribution is -2.48. The zero-order valence-electron chi connectivity index (χ0n) is 16.6. The Bertz CT molecular complexity index is 1190. The topological polar surface area (TPSA) is 53.5 Å². The van der Waals surface area contributed by atoms with Crippen LogP contribution in [0.15, 0.2) is 46.7 Å². The van der Waals surface area contributed by atoms with Crippen LogP contribution in [0.4, 0.5) is 13.9 Å². The molecule has 1 aliphatic rings. The van der Waals surface area contributed by atoms with Gasteiger partial charge in [-0.1, -0.05) is 18.2 Å². The summed E-state index contributed by atoms with van der Waals surface area (Å²) in [6.45, 7) is 5.44. The number of aryl methyl sites for hydroxylation is 1. The van der Waals surface area contributed by atoms with E-state index in [2.05, 4.69) is 19.9 Å². The average Bonchev–Trinajstić information content (AvgIpc) is 3.20. The summed E-state index contributed by atoms with van der Waals surface area (Å²) in [6.07, 6.45) is 0. The number of anilines is 1. The maximum atomic E-state index is 14.0. The number of halogens is 2. The summed E-state index contributed by atoms with van der Waals surface area (Å²) < 4.78 is 53.9. The second kappa shape index (κ2) is 8.05. The number of hydrogen-bond acceptors (Lipinski definition) is 5. The van der Waals surface area contributed by atoms with Gasteiger partial charge in [0, 0.05) is 43.2 Å². The van der Waals surface area contributed by atoms with Crippen LogP contribution in [0.25, 0.3) is 11.3 Å². The Hall–Kier alpha value is -2.36. The first-order chi connectivity index (χ1) is 14.3. The van der Waals surface area contributed by atoms with Crippen molar-refractivity contribution in [3.05, 3.63) is 64.5 Å². The number of nitrogens with zero attached hydrogens (tertiary/aromatic N) is 3. The number of hydrogen-bond donors (Lipinski definition) is 0. The zero-order valence-corrected chi connectivity index (χ0v) is 18.2. The predicted octanol–water partition coefficient (Wildman–Crippen LogP) is 4.22. The van der Waals surface area contributed by atoms with Crippen molar-refractivity contribution >= 4 is 26.5 Å². The lowest BCUT2D eigenvalue weighted by Gasteiger charge is -2.33. The van der Waals surface area contributed by atoms with Gasteiger partial charge in [-0.15, -0.1) is 11.3 Å². The predicted molar refractivity (Wildman–Crippen MR) is 114 cm³/mol. The Morgan fingerprint density at radius 2 is 1.77 bits per heavy atom. The Morgan fingerprint density at radius 1 is 1.03 bits per heavy atom. The Morgan fingerprint density at radius 3 is 2.47 bits per heavy atom. The van der Waals surface area contributed by atoms with Crippen LogP contribution >= 0.6 is 11.3 Å². The molecule has 1 saturated heterocycles. The van der Waals surface area contributed by atoms with Crippen LogP contribution < -0.4 is 4.90 Å². The van der Waals surface area contributed by atoms with E-state index in [-0.39, 0.29) is 13.1 Å². The average molecular weight is 450 g/mol. The fraction of sp³-hybridized carbons (Fsp3) is 0.286. The molecule has 0 atom stereocenters. The van der Waals surface area contributed by atoms with Crippen LogP contribution in [0.1, 0.15) is 11.1 Å². The Labute approximate surface area is 178 Å². The third-order valence-electron chi connectivity index (χ3n) is 5.39. The van der Waals surface area contributed by atoms with E-state index >= 15 is 0 Å². The zero-order chi connectivity index (χ0) is 21.5. The Kier molecular flexibility index (Phi) is 5.61. The maximum absolute atomic E-state index is 14.0. The van der Waals surface area contributed by atoms with Gasteiger partial charge in [0.25, 0.3) is 0 Å². The molecule has 0 saturated carbocycles. The molecule has 0 spiro atoms. The highest BCUT2D eigenvalue weighted by Crippen LogP contribution is 2.31. The van der Waals surface area contributed by atoms with Gasteiger partial charge in [-0.25, -0.2) is 22.2 Å². The first-order valence-corrected chi connectivity index (χ1v) is 11.8. The molecule has 0 amide bonds. The fourth-order valence-corrected chi connectivity index (χ4v) is 5.85. The number of benzene rings is 2. The van der Waals surface area contributed by atoms with Crippen molar-refractivity contribution in [1.29, 1.82) is 0 Å². The quantitative estimate of drug-likeness (QED) is 0.599. The molecular weight excluding hydrogens is 428 g/mol. The summed E-state index contributed by atoms with van der Waals surface area (Å²) >= 11 is 1.52. The maximum Gasteiger partial charge on any atom is 0.246 e. The van der Waals surface area contributed by atoms with Crippen molar-refractivity contribution in [1.82, 2.24) is 9.29 Å². The van der Waals surface area contributed by atoms with Gasteiger partial charge >= 0.3 is 0 Å². The normalized spacial score (nSPS) is 15.5. The summed E-state index contributed by atoms with van der Waals surface area (Å²) in [6, 6.07) is 8.64. The molecule has 3 aromatic rings. The molecule has 0 radical (unpaired) electrons. The van der Waals surface area contributed by atoms with E-state index in [4.69, 9.17) is 4.98 Å². The highest BCUT2D eigenvalue weighted by molar-refractivity contribution is 7.89. The van der Waals surface area contributed by atoms with Gasteiger partial charge in [0.15, 0.2) is 5.13 Å². The standard InChI is InChI=1S/C21H21F2N3O2S2/c1-14-4-3-5-17(15(14)2)19-13-29-21(24-19)25-8-10-26(11-9-25)30(27,28)20-7-6-16(22)12-18(20)23/h3-7,12-13H,8-11H2,1-2H3. The fourth-order valence-electron chi connectivity index (χ4n) is 3.51. The number of piperazine rings is 1. The lowest BCUT2D eigenvalue weighted by molar-refractivity contribution is 0.382. The van der Waals surface area contributed by atoms with Crippen molar-refractivity contribution in [2.24, 2.45) is 0 Å². The molecule has 158 valence electrons. The van der Waals surface area contributed by atoms with Crippen LogP contribution in [0, 0.1) is 25.5 Å². The van der Waals surface area contributed by atoms with E-state index in [0.717, 1.165) is 28.5 Å². The second-order valence-corrected chi connectivity index (χ2v) is 9.97. The molecule has 4 rings (SSSR count). The molecule has 30 heavy (non-hydrogen) atoms. The van der Waals surface area contributed by atoms with Crippen LogP contribution in [0.5, 0.6) is 0 Å². The van der Waals surface area contributed by atoms with Crippen LogP contribution in [-0.2, 0) is 10.0 Å². The minimum absolute atomic E-state index is 0.206. The van der Waals surface area contributed by atoms with Crippen LogP contribution in [0.3, 0.4) is 0 Å². The smallest absolute Gasteiger partial charge is 0.246 e. The molecule has 5 nitrogen and oxygen atoms in total. The number of thiazole rings is 1. The SMILES string of the molecule is Cc1cccc(-c2csc(N3CCN(S(=O)(=O)c4ccc(F)cc4F)CC3)n2)c1C. The van der Waals surface area contributed by atoms with E-state index in [1.54, 1.807) is 0 Å². The summed E-state index contributed by atoms with van der Waals surface area (Å²) in [5, 5.41) is 2.84. The largest absolute Gasteiger partial charge is 0.345 e. The summed E-state index contributed by atoms with van der Waals surface area (Å²) in [5.41, 5.74) is 4.38. The van der Waals surface area contributed by atoms with Gasteiger partial charge in [0.2, 0.25) is 10.0 Å². The van der Waals surface area contributed by atoms with E-state index in [0.29, 0.717) is 19.2 Å². The molecule has 1 aliphatic heterocycles. The number of rotatable bonds is 4. The third-order valence-corrected chi connectivity index (χ3v) is 8.23. The van der Waals surface area contributed by atoms with Crippen molar-refractivity contribution in [3.63, 3.8) is 0 Å². The van der Waals surface area contributed by atoms with Gasteiger partial charge in [-0.2, -0.15) is 4.31 Å². The van der Waals surface area contributed by atoms with E-state index in [1.807, 2.05) is 22.4 Å². The molecular formula is C21H21F2N3O2S2. The number of aromatic nitrogens is 1. The van der Waals surface area contributed by atoms with Gasteiger partial charge in [0.05, 0.1) is 5.69 Å². The first-order valence-electron chi connectivity index (χ1n) is 9.49. The van der Waals surface area contributed by atoms with Gasteiger partial charge in [-0.05, 0) is 37.1 Å². The Balaban J connectivity index is 1.49. The molecule has 9 heteroatoms. The summed E-state index contributed by atoms with van der Waals surface area (Å²) in [4.78, 5) is 6.29. The van der Waals surface area contributed by atoms with E-state index < -0.39 is 26.6 Å². The summed E-state index contributed by atoms with van der Waals surface area (Å²) in [7, 11) is -4.02. The molecule has 0 bridgehead atoms. The molecule has 0 aliphatic carbocycles. The molecule has 2 heterocycles. The third kappa shape index (κ3) is 3.84. The number of sulfonamides is 1. The second-order valence-electron chi connectivity index (χ2n) is 7.23. The molecule has 2 aromatic carbocycles. The van der Waals surface area contributed by atoms with Gasteiger partial charge in [-0.3, -0.25) is 0 Å².